The van der Waals surface area contributed by atoms with E-state index in [1.807, 2.05) is 12.3 Å². The lowest BCUT2D eigenvalue weighted by molar-refractivity contribution is 0.590. The first-order valence-corrected chi connectivity index (χ1v) is 22.9. The van der Waals surface area contributed by atoms with E-state index in [4.69, 9.17) is 4.98 Å². The first-order chi connectivity index (χ1) is 31.5. The number of benzene rings is 9. The van der Waals surface area contributed by atoms with Crippen molar-refractivity contribution < 1.29 is 0 Å². The summed E-state index contributed by atoms with van der Waals surface area (Å²) in [5.74, 6) is 0. The van der Waals surface area contributed by atoms with Crippen molar-refractivity contribution in [1.82, 2.24) is 9.55 Å². The van der Waals surface area contributed by atoms with Crippen LogP contribution in [0.2, 0.25) is 0 Å². The summed E-state index contributed by atoms with van der Waals surface area (Å²) in [5.41, 5.74) is 18.2. The Hall–Kier alpha value is -7.55. The molecule has 0 atom stereocenters. The molecule has 0 saturated carbocycles. The maximum absolute atomic E-state index is 4.86. The molecule has 0 aliphatic heterocycles. The molecule has 0 aliphatic carbocycles. The molecule has 2 heterocycles. The molecule has 11 rings (SSSR count). The van der Waals surface area contributed by atoms with Crippen molar-refractivity contribution >= 4 is 43.5 Å². The smallest absolute Gasteiger partial charge is 0.145 e. The van der Waals surface area contributed by atoms with E-state index >= 15 is 0 Å². The minimum Gasteiger partial charge on any atom is -0.293 e. The van der Waals surface area contributed by atoms with Crippen molar-refractivity contribution in [3.8, 4) is 61.3 Å². The molecule has 2 aromatic heterocycles. The number of fused-ring (bicyclic) bond motifs is 5. The molecule has 0 aliphatic rings. The summed E-state index contributed by atoms with van der Waals surface area (Å²) in [7, 11) is 0. The zero-order valence-corrected chi connectivity index (χ0v) is 38.0. The quantitative estimate of drug-likeness (QED) is 0.153. The van der Waals surface area contributed by atoms with Crippen LogP contribution < -0.4 is 0 Å². The molecule has 0 bridgehead atoms. The average molecular weight is 837 g/mol. The van der Waals surface area contributed by atoms with Crippen LogP contribution in [0.1, 0.15) is 52.7 Å². The topological polar surface area (TPSA) is 17.8 Å². The van der Waals surface area contributed by atoms with Gasteiger partial charge in [0.2, 0.25) is 0 Å². The Bertz CT molecular complexity index is 3540. The van der Waals surface area contributed by atoms with Crippen molar-refractivity contribution in [2.45, 2.75) is 52.4 Å². The lowest BCUT2D eigenvalue weighted by Crippen LogP contribution is -2.10. The number of rotatable bonds is 6. The summed E-state index contributed by atoms with van der Waals surface area (Å²) in [6.07, 6.45) is 1.89. The highest BCUT2D eigenvalue weighted by atomic mass is 15.0. The maximum atomic E-state index is 4.86. The minimum atomic E-state index is 0.0639. The summed E-state index contributed by atoms with van der Waals surface area (Å²) in [5, 5.41) is 7.42. The Labute approximate surface area is 382 Å². The molecule has 0 saturated heterocycles. The Balaban J connectivity index is 1.03. The summed E-state index contributed by atoms with van der Waals surface area (Å²) >= 11 is 0. The predicted molar refractivity (Wildman–Crippen MR) is 278 cm³/mol. The molecule has 2 nitrogen and oxygen atoms in total. The zero-order valence-electron chi connectivity index (χ0n) is 38.0. The highest BCUT2D eigenvalue weighted by Crippen LogP contribution is 2.48. The Morgan fingerprint density at radius 2 is 0.785 bits per heavy atom. The van der Waals surface area contributed by atoms with Crippen molar-refractivity contribution in [1.29, 1.82) is 0 Å². The monoisotopic (exact) mass is 836 g/mol. The van der Waals surface area contributed by atoms with Gasteiger partial charge in [-0.1, -0.05) is 217 Å². The van der Waals surface area contributed by atoms with E-state index < -0.39 is 0 Å². The Morgan fingerprint density at radius 3 is 1.37 bits per heavy atom. The third kappa shape index (κ3) is 7.02. The van der Waals surface area contributed by atoms with Crippen molar-refractivity contribution in [3.05, 3.63) is 218 Å². The SMILES string of the molecule is CC(C)(C)c1ccc(-c2c3ccccc3c(-c3ccc(C(C)(C)C)cc3)c3c(-c4ccc(-c5ccc(-c6cccc7c8cccnc8n(-c8ccccc8)c67)cc5)cc4)cccc23)cc1. The van der Waals surface area contributed by atoms with Crippen LogP contribution >= 0.6 is 0 Å². The molecule has 11 aromatic rings. The molecule has 2 heteroatoms. The normalized spacial score (nSPS) is 12.2. The average Bonchev–Trinajstić information content (AvgIpc) is 3.68. The molecule has 0 spiro atoms. The molecule has 314 valence electrons. The van der Waals surface area contributed by atoms with Crippen LogP contribution in [0.4, 0.5) is 0 Å². The number of para-hydroxylation sites is 2. The van der Waals surface area contributed by atoms with E-state index in [1.54, 1.807) is 0 Å². The van der Waals surface area contributed by atoms with Crippen LogP contribution in [0.3, 0.4) is 0 Å². The molecule has 9 aromatic carbocycles. The Morgan fingerprint density at radius 1 is 0.338 bits per heavy atom. The van der Waals surface area contributed by atoms with Gasteiger partial charge in [-0.05, 0) is 118 Å². The van der Waals surface area contributed by atoms with Gasteiger partial charge in [-0.15, -0.1) is 0 Å². The lowest BCUT2D eigenvalue weighted by atomic mass is 9.81. The second-order valence-electron chi connectivity index (χ2n) is 19.6. The van der Waals surface area contributed by atoms with Crippen molar-refractivity contribution in [2.24, 2.45) is 0 Å². The Kier molecular flexibility index (Phi) is 9.66. The van der Waals surface area contributed by atoms with E-state index in [9.17, 15) is 0 Å². The van der Waals surface area contributed by atoms with Crippen LogP contribution in [0.15, 0.2) is 206 Å². The van der Waals surface area contributed by atoms with Crippen LogP contribution in [0.5, 0.6) is 0 Å². The van der Waals surface area contributed by atoms with Crippen LogP contribution in [-0.2, 0) is 10.8 Å². The first-order valence-electron chi connectivity index (χ1n) is 22.9. The zero-order chi connectivity index (χ0) is 44.5. The number of hydrogen-bond acceptors (Lipinski definition) is 1. The first kappa shape index (κ1) is 40.2. The molecular weight excluding hydrogens is 785 g/mol. The number of nitrogens with zero attached hydrogens (tertiary/aromatic N) is 2. The summed E-state index contributed by atoms with van der Waals surface area (Å²) in [6, 6.07) is 74.1. The van der Waals surface area contributed by atoms with E-state index in [-0.39, 0.29) is 10.8 Å². The van der Waals surface area contributed by atoms with Gasteiger partial charge in [0.1, 0.15) is 5.65 Å². The van der Waals surface area contributed by atoms with Crippen LogP contribution in [0, 0.1) is 0 Å². The molecule has 0 radical (unpaired) electrons. The molecule has 0 amide bonds. The van der Waals surface area contributed by atoms with E-state index in [0.29, 0.717) is 0 Å². The van der Waals surface area contributed by atoms with E-state index in [2.05, 4.69) is 240 Å². The number of hydrogen-bond donors (Lipinski definition) is 0. The fraction of sp³-hybridized carbons (Fsp3) is 0.127. The third-order valence-electron chi connectivity index (χ3n) is 13.4. The molecule has 65 heavy (non-hydrogen) atoms. The fourth-order valence-electron chi connectivity index (χ4n) is 9.99. The van der Waals surface area contributed by atoms with Gasteiger partial charge in [0.15, 0.2) is 0 Å². The van der Waals surface area contributed by atoms with Gasteiger partial charge in [0.25, 0.3) is 0 Å². The standard InChI is InChI=1S/C63H52N2/c1-62(2,3)47-36-32-45(33-37-47)57-52-17-10-11-18-53(52)58(46-34-38-48(39-35-46)63(4,5)6)59-50(19-12-22-56(57)59)43-28-24-41(25-29-43)42-26-30-44(31-27-42)51-20-13-21-54-55-23-14-40-64-61(55)65(60(51)54)49-15-8-7-9-16-49/h7-40H,1-6H3. The fourth-order valence-corrected chi connectivity index (χ4v) is 9.99. The molecule has 0 unspecified atom stereocenters. The van der Waals surface area contributed by atoms with Crippen LogP contribution in [-0.4, -0.2) is 9.55 Å². The number of pyridine rings is 1. The van der Waals surface area contributed by atoms with E-state index in [1.165, 1.54) is 99.2 Å². The number of aromatic nitrogens is 2. The highest BCUT2D eigenvalue weighted by Gasteiger charge is 2.22. The highest BCUT2D eigenvalue weighted by molar-refractivity contribution is 6.24. The molecular formula is C63H52N2. The second kappa shape index (κ2) is 15.6. The minimum absolute atomic E-state index is 0.0639. The third-order valence-corrected chi connectivity index (χ3v) is 13.4. The predicted octanol–water partition coefficient (Wildman–Crippen LogP) is 17.4. The van der Waals surface area contributed by atoms with Crippen molar-refractivity contribution in [3.63, 3.8) is 0 Å². The van der Waals surface area contributed by atoms with Gasteiger partial charge in [-0.2, -0.15) is 0 Å². The van der Waals surface area contributed by atoms with Gasteiger partial charge in [-0.3, -0.25) is 4.57 Å². The van der Waals surface area contributed by atoms with Gasteiger partial charge in [-0.25, -0.2) is 4.98 Å². The second-order valence-corrected chi connectivity index (χ2v) is 19.6. The van der Waals surface area contributed by atoms with Crippen molar-refractivity contribution in [2.75, 3.05) is 0 Å². The van der Waals surface area contributed by atoms with Gasteiger partial charge >= 0.3 is 0 Å². The largest absolute Gasteiger partial charge is 0.293 e. The van der Waals surface area contributed by atoms with Gasteiger partial charge in [0, 0.05) is 28.2 Å². The molecule has 0 N–H and O–H groups in total. The summed E-state index contributed by atoms with van der Waals surface area (Å²) in [6.45, 7) is 13.7. The summed E-state index contributed by atoms with van der Waals surface area (Å²) in [4.78, 5) is 4.86. The maximum Gasteiger partial charge on any atom is 0.145 e. The van der Waals surface area contributed by atoms with Gasteiger partial charge in [0.05, 0.1) is 5.52 Å². The van der Waals surface area contributed by atoms with E-state index in [0.717, 1.165) is 16.7 Å². The summed E-state index contributed by atoms with van der Waals surface area (Å²) < 4.78 is 2.31. The molecule has 0 fully saturated rings. The van der Waals surface area contributed by atoms with Gasteiger partial charge < -0.3 is 0 Å². The lowest BCUT2D eigenvalue weighted by Gasteiger charge is -2.23. The van der Waals surface area contributed by atoms with Crippen LogP contribution in [0.25, 0.3) is 105 Å².